The van der Waals surface area contributed by atoms with E-state index in [-0.39, 0.29) is 11.9 Å². The number of hydrogen-bond donors (Lipinski definition) is 2. The fourth-order valence-electron chi connectivity index (χ4n) is 1.72. The number of nitrogen functional groups attached to an aromatic ring is 1. The zero-order valence-electron chi connectivity index (χ0n) is 10.6. The highest BCUT2D eigenvalue weighted by atomic mass is 16.5. The van der Waals surface area contributed by atoms with Gasteiger partial charge in [0.2, 0.25) is 0 Å². The molecule has 0 aliphatic carbocycles. The number of hydrogen-bond acceptors (Lipinski definition) is 4. The Hall–Kier alpha value is -2.24. The highest BCUT2D eigenvalue weighted by molar-refractivity contribution is 6.03. The zero-order valence-corrected chi connectivity index (χ0v) is 10.6. The second-order valence-corrected chi connectivity index (χ2v) is 4.44. The van der Waals surface area contributed by atoms with Crippen molar-refractivity contribution in [2.45, 2.75) is 26.8 Å². The summed E-state index contributed by atoms with van der Waals surface area (Å²) >= 11 is 0. The van der Waals surface area contributed by atoms with Crippen LogP contribution < -0.4 is 11.1 Å². The Kier molecular flexibility index (Phi) is 3.10. The topological polar surface area (TPSA) is 86.1 Å². The zero-order chi connectivity index (χ0) is 13.3. The van der Waals surface area contributed by atoms with Crippen LogP contribution in [0.4, 0.5) is 11.5 Å². The summed E-state index contributed by atoms with van der Waals surface area (Å²) in [4.78, 5) is 12.1. The molecule has 2 aromatic rings. The molecular formula is C12H16N4O2. The van der Waals surface area contributed by atoms with Crippen molar-refractivity contribution in [3.63, 3.8) is 0 Å². The van der Waals surface area contributed by atoms with Crippen LogP contribution in [0, 0.1) is 6.92 Å². The number of carbonyl (C=O) groups is 1. The largest absolute Gasteiger partial charge is 0.397 e. The molecule has 0 fully saturated rings. The van der Waals surface area contributed by atoms with Crippen molar-refractivity contribution in [3.8, 4) is 0 Å². The molecule has 0 spiro atoms. The summed E-state index contributed by atoms with van der Waals surface area (Å²) in [6.45, 7) is 5.73. The maximum absolute atomic E-state index is 12.1. The van der Waals surface area contributed by atoms with Crippen molar-refractivity contribution in [1.82, 2.24) is 9.72 Å². The van der Waals surface area contributed by atoms with Gasteiger partial charge in [0.15, 0.2) is 5.82 Å². The maximum Gasteiger partial charge on any atom is 0.273 e. The fraction of sp³-hybridized carbons (Fsp3) is 0.333. The van der Waals surface area contributed by atoms with Gasteiger partial charge in [0.25, 0.3) is 5.91 Å². The van der Waals surface area contributed by atoms with Gasteiger partial charge in [0.05, 0.1) is 5.69 Å². The molecule has 3 N–H and O–H groups in total. The van der Waals surface area contributed by atoms with E-state index in [1.807, 2.05) is 18.4 Å². The van der Waals surface area contributed by atoms with E-state index in [0.29, 0.717) is 23.0 Å². The lowest BCUT2D eigenvalue weighted by molar-refractivity contribution is 0.101. The van der Waals surface area contributed by atoms with Gasteiger partial charge in [-0.1, -0.05) is 5.16 Å². The van der Waals surface area contributed by atoms with Crippen molar-refractivity contribution in [2.75, 3.05) is 11.1 Å². The Bertz CT molecular complexity index is 568. The molecule has 0 bridgehead atoms. The molecule has 0 saturated carbocycles. The molecule has 6 heteroatoms. The molecule has 0 saturated heterocycles. The molecule has 0 atom stereocenters. The number of nitrogens with zero attached hydrogens (tertiary/aromatic N) is 2. The number of aryl methyl sites for hydroxylation is 1. The molecular weight excluding hydrogens is 232 g/mol. The molecule has 0 aliphatic rings. The standard InChI is InChI=1S/C12H16N4O2/c1-7(2)16-6-9(13)5-10(16)12(17)14-11-4-8(3)18-15-11/h4-7H,13H2,1-3H3,(H,14,15,17). The molecule has 96 valence electrons. The first-order valence-corrected chi connectivity index (χ1v) is 5.69. The quantitative estimate of drug-likeness (QED) is 0.871. The second-order valence-electron chi connectivity index (χ2n) is 4.44. The second kappa shape index (κ2) is 4.56. The Morgan fingerprint density at radius 3 is 2.78 bits per heavy atom. The van der Waals surface area contributed by atoms with Gasteiger partial charge in [-0.2, -0.15) is 0 Å². The van der Waals surface area contributed by atoms with Gasteiger partial charge >= 0.3 is 0 Å². The van der Waals surface area contributed by atoms with Gasteiger partial charge < -0.3 is 20.1 Å². The maximum atomic E-state index is 12.1. The van der Waals surface area contributed by atoms with Gasteiger partial charge in [-0.25, -0.2) is 0 Å². The molecule has 2 heterocycles. The van der Waals surface area contributed by atoms with Crippen LogP contribution in [-0.2, 0) is 0 Å². The third-order valence-electron chi connectivity index (χ3n) is 2.53. The predicted molar refractivity (Wildman–Crippen MR) is 68.4 cm³/mol. The van der Waals surface area contributed by atoms with Gasteiger partial charge in [0, 0.05) is 18.3 Å². The number of carbonyl (C=O) groups excluding carboxylic acids is 1. The van der Waals surface area contributed by atoms with Crippen LogP contribution in [0.15, 0.2) is 22.9 Å². The van der Waals surface area contributed by atoms with E-state index in [1.165, 1.54) is 0 Å². The van der Waals surface area contributed by atoms with E-state index >= 15 is 0 Å². The van der Waals surface area contributed by atoms with E-state index in [0.717, 1.165) is 0 Å². The van der Waals surface area contributed by atoms with Crippen molar-refractivity contribution in [2.24, 2.45) is 0 Å². The van der Waals surface area contributed by atoms with Gasteiger partial charge in [0.1, 0.15) is 11.5 Å². The van der Waals surface area contributed by atoms with E-state index in [9.17, 15) is 4.79 Å². The Morgan fingerprint density at radius 2 is 2.22 bits per heavy atom. The van der Waals surface area contributed by atoms with Crippen molar-refractivity contribution in [1.29, 1.82) is 0 Å². The highest BCUT2D eigenvalue weighted by Gasteiger charge is 2.16. The first-order chi connectivity index (χ1) is 8.47. The molecule has 0 unspecified atom stereocenters. The van der Waals surface area contributed by atoms with Crippen molar-refractivity contribution < 1.29 is 9.32 Å². The first-order valence-electron chi connectivity index (χ1n) is 5.69. The molecule has 0 aromatic carbocycles. The van der Waals surface area contributed by atoms with Crippen molar-refractivity contribution in [3.05, 3.63) is 29.8 Å². The lowest BCUT2D eigenvalue weighted by atomic mass is 10.3. The number of rotatable bonds is 3. The third-order valence-corrected chi connectivity index (χ3v) is 2.53. The minimum Gasteiger partial charge on any atom is -0.397 e. The summed E-state index contributed by atoms with van der Waals surface area (Å²) in [6, 6.07) is 3.45. The number of nitrogens with one attached hydrogen (secondary N) is 1. The SMILES string of the molecule is Cc1cc(NC(=O)c2cc(N)cn2C(C)C)no1. The molecule has 0 aliphatic heterocycles. The summed E-state index contributed by atoms with van der Waals surface area (Å²) in [6.07, 6.45) is 1.74. The lowest BCUT2D eigenvalue weighted by Gasteiger charge is -2.11. The summed E-state index contributed by atoms with van der Waals surface area (Å²) in [5.41, 5.74) is 6.78. The first kappa shape index (κ1) is 12.2. The summed E-state index contributed by atoms with van der Waals surface area (Å²) in [5.74, 6) is 0.783. The van der Waals surface area contributed by atoms with Crippen molar-refractivity contribution >= 4 is 17.4 Å². The molecule has 0 radical (unpaired) electrons. The normalized spacial score (nSPS) is 10.9. The average Bonchev–Trinajstić information content (AvgIpc) is 2.85. The molecule has 6 nitrogen and oxygen atoms in total. The Labute approximate surface area is 105 Å². The van der Waals surface area contributed by atoms with Gasteiger partial charge in [-0.05, 0) is 26.8 Å². The minimum atomic E-state index is -0.256. The highest BCUT2D eigenvalue weighted by Crippen LogP contribution is 2.18. The average molecular weight is 248 g/mol. The monoisotopic (exact) mass is 248 g/mol. The van der Waals surface area contributed by atoms with Crippen LogP contribution in [0.1, 0.15) is 36.1 Å². The van der Waals surface area contributed by atoms with Crippen LogP contribution in [0.5, 0.6) is 0 Å². The van der Waals surface area contributed by atoms with Crippen LogP contribution >= 0.6 is 0 Å². The number of aromatic nitrogens is 2. The number of amides is 1. The van der Waals surface area contributed by atoms with Crippen LogP contribution in [0.2, 0.25) is 0 Å². The molecule has 2 rings (SSSR count). The summed E-state index contributed by atoms with van der Waals surface area (Å²) < 4.78 is 6.71. The smallest absolute Gasteiger partial charge is 0.273 e. The third kappa shape index (κ3) is 2.37. The fourth-order valence-corrected chi connectivity index (χ4v) is 1.72. The number of nitrogens with two attached hydrogens (primary N) is 1. The minimum absolute atomic E-state index is 0.155. The van der Waals surface area contributed by atoms with Crippen LogP contribution in [0.25, 0.3) is 0 Å². The molecule has 18 heavy (non-hydrogen) atoms. The van der Waals surface area contributed by atoms with E-state index in [4.69, 9.17) is 10.3 Å². The van der Waals surface area contributed by atoms with E-state index in [1.54, 1.807) is 25.3 Å². The van der Waals surface area contributed by atoms with Crippen LogP contribution in [-0.4, -0.2) is 15.6 Å². The van der Waals surface area contributed by atoms with Gasteiger partial charge in [-0.3, -0.25) is 4.79 Å². The predicted octanol–water partition coefficient (Wildman–Crippen LogP) is 2.20. The molecule has 2 aromatic heterocycles. The Balaban J connectivity index is 2.23. The Morgan fingerprint density at radius 1 is 1.50 bits per heavy atom. The summed E-state index contributed by atoms with van der Waals surface area (Å²) in [5, 5.41) is 6.38. The summed E-state index contributed by atoms with van der Waals surface area (Å²) in [7, 11) is 0. The molecule has 1 amide bonds. The van der Waals surface area contributed by atoms with Crippen LogP contribution in [0.3, 0.4) is 0 Å². The lowest BCUT2D eigenvalue weighted by Crippen LogP contribution is -2.17. The van der Waals surface area contributed by atoms with Gasteiger partial charge in [-0.15, -0.1) is 0 Å². The van der Waals surface area contributed by atoms with E-state index < -0.39 is 0 Å². The van der Waals surface area contributed by atoms with E-state index in [2.05, 4.69) is 10.5 Å². The number of anilines is 2.